The monoisotopic (exact) mass is 293 g/mol. The van der Waals surface area contributed by atoms with Crippen molar-refractivity contribution >= 4 is 17.6 Å². The Morgan fingerprint density at radius 1 is 1.19 bits per heavy atom. The molecule has 21 heavy (non-hydrogen) atoms. The van der Waals surface area contributed by atoms with E-state index in [-0.39, 0.29) is 5.95 Å². The van der Waals surface area contributed by atoms with Gasteiger partial charge in [-0.05, 0) is 13.0 Å². The summed E-state index contributed by atoms with van der Waals surface area (Å²) in [4.78, 5) is 13.0. The number of rotatable bonds is 5. The number of likely N-dealkylation sites (N-methyl/N-ethyl adjacent to an activating group) is 1. The maximum atomic E-state index is 5.70. The second kappa shape index (κ2) is 6.91. The number of nitrogens with two attached hydrogens (primary N) is 2. The van der Waals surface area contributed by atoms with Crippen molar-refractivity contribution < 1.29 is 0 Å². The molecule has 0 aromatic carbocycles. The summed E-state index contributed by atoms with van der Waals surface area (Å²) in [6.45, 7) is 9.80. The predicted molar refractivity (Wildman–Crippen MR) is 87.0 cm³/mol. The first-order valence-corrected chi connectivity index (χ1v) is 7.52. The number of hydrogen-bond acceptors (Lipinski definition) is 7. The summed E-state index contributed by atoms with van der Waals surface area (Å²) in [5.74, 6) is 1.86. The van der Waals surface area contributed by atoms with Gasteiger partial charge in [0.05, 0.1) is 0 Å². The summed E-state index contributed by atoms with van der Waals surface area (Å²) < 4.78 is 0. The van der Waals surface area contributed by atoms with Gasteiger partial charge in [0.25, 0.3) is 0 Å². The van der Waals surface area contributed by atoms with Crippen LogP contribution >= 0.6 is 0 Å². The molecule has 5 N–H and O–H groups in total. The summed E-state index contributed by atoms with van der Waals surface area (Å²) >= 11 is 0. The maximum absolute atomic E-state index is 5.70. The van der Waals surface area contributed by atoms with Crippen LogP contribution in [0.4, 0.5) is 17.6 Å². The quantitative estimate of drug-likeness (QED) is 0.719. The Morgan fingerprint density at radius 2 is 1.86 bits per heavy atom. The number of piperazine rings is 1. The fourth-order valence-electron chi connectivity index (χ4n) is 2.73. The number of nitrogens with one attached hydrogen (secondary N) is 1. The molecule has 1 aromatic rings. The van der Waals surface area contributed by atoms with Crippen molar-refractivity contribution in [3.63, 3.8) is 0 Å². The standard InChI is InChI=1S/C14H27N7/c1-10(2)11(21-6-4-20(3)5-7-21)9-17-13-8-12(15)18-14(16)19-13/h8,10-11H,4-7,9H2,1-3H3,(H5,15,16,17,18,19). The molecule has 7 nitrogen and oxygen atoms in total. The van der Waals surface area contributed by atoms with E-state index in [1.807, 2.05) is 0 Å². The molecule has 0 radical (unpaired) electrons. The van der Waals surface area contributed by atoms with Crippen molar-refractivity contribution in [3.8, 4) is 0 Å². The molecule has 1 aliphatic rings. The molecule has 1 saturated heterocycles. The lowest BCUT2D eigenvalue weighted by Gasteiger charge is -2.40. The van der Waals surface area contributed by atoms with Gasteiger partial charge in [0.15, 0.2) is 0 Å². The highest BCUT2D eigenvalue weighted by Gasteiger charge is 2.24. The van der Waals surface area contributed by atoms with Crippen molar-refractivity contribution in [2.45, 2.75) is 19.9 Å². The Bertz CT molecular complexity index is 434. The molecule has 0 amide bonds. The highest BCUT2D eigenvalue weighted by atomic mass is 15.3. The molecule has 2 heterocycles. The molecule has 2 rings (SSSR count). The fourth-order valence-corrected chi connectivity index (χ4v) is 2.73. The molecule has 1 unspecified atom stereocenters. The molecule has 0 spiro atoms. The van der Waals surface area contributed by atoms with E-state index >= 15 is 0 Å². The normalized spacial score (nSPS) is 18.9. The van der Waals surface area contributed by atoms with Crippen molar-refractivity contribution in [1.29, 1.82) is 0 Å². The molecule has 0 saturated carbocycles. The SMILES string of the molecule is CC(C)C(CNc1cc(N)nc(N)n1)N1CCN(C)CC1. The molecular weight excluding hydrogens is 266 g/mol. The number of anilines is 3. The van der Waals surface area contributed by atoms with Gasteiger partial charge in [-0.1, -0.05) is 13.8 Å². The van der Waals surface area contributed by atoms with Gasteiger partial charge in [-0.25, -0.2) is 0 Å². The van der Waals surface area contributed by atoms with E-state index in [1.165, 1.54) is 0 Å². The van der Waals surface area contributed by atoms with E-state index in [0.29, 0.717) is 23.6 Å². The second-order valence-corrected chi connectivity index (χ2v) is 6.07. The molecule has 1 aliphatic heterocycles. The van der Waals surface area contributed by atoms with Crippen LogP contribution in [0.25, 0.3) is 0 Å². The molecule has 0 bridgehead atoms. The minimum atomic E-state index is 0.207. The van der Waals surface area contributed by atoms with Crippen molar-refractivity contribution in [2.75, 3.05) is 56.6 Å². The van der Waals surface area contributed by atoms with Gasteiger partial charge < -0.3 is 21.7 Å². The smallest absolute Gasteiger partial charge is 0.223 e. The lowest BCUT2D eigenvalue weighted by atomic mass is 10.0. The molecule has 7 heteroatoms. The first-order chi connectivity index (χ1) is 9.95. The van der Waals surface area contributed by atoms with Gasteiger partial charge >= 0.3 is 0 Å². The summed E-state index contributed by atoms with van der Waals surface area (Å²) in [6.07, 6.45) is 0. The summed E-state index contributed by atoms with van der Waals surface area (Å²) in [5, 5.41) is 3.35. The third kappa shape index (κ3) is 4.44. The zero-order valence-corrected chi connectivity index (χ0v) is 13.2. The van der Waals surface area contributed by atoms with Crippen molar-refractivity contribution in [2.24, 2.45) is 5.92 Å². The Balaban J connectivity index is 1.96. The maximum Gasteiger partial charge on any atom is 0.223 e. The lowest BCUT2D eigenvalue weighted by Crippen LogP contribution is -2.52. The van der Waals surface area contributed by atoms with Crippen molar-refractivity contribution in [1.82, 2.24) is 19.8 Å². The first kappa shape index (κ1) is 15.8. The number of nitrogens with zero attached hydrogens (tertiary/aromatic N) is 4. The van der Waals surface area contributed by atoms with Crippen LogP contribution in [0.2, 0.25) is 0 Å². The third-order valence-electron chi connectivity index (χ3n) is 4.03. The van der Waals surface area contributed by atoms with E-state index < -0.39 is 0 Å². The largest absolute Gasteiger partial charge is 0.383 e. The van der Waals surface area contributed by atoms with Crippen LogP contribution in [0.15, 0.2) is 6.07 Å². The summed E-state index contributed by atoms with van der Waals surface area (Å²) in [5.41, 5.74) is 11.3. The van der Waals surface area contributed by atoms with E-state index in [0.717, 1.165) is 32.7 Å². The Kier molecular flexibility index (Phi) is 5.19. The molecule has 1 fully saturated rings. The van der Waals surface area contributed by atoms with E-state index in [4.69, 9.17) is 11.5 Å². The average Bonchev–Trinajstić information content (AvgIpc) is 2.39. The highest BCUT2D eigenvalue weighted by molar-refractivity contribution is 5.48. The van der Waals surface area contributed by atoms with Crippen LogP contribution in [-0.2, 0) is 0 Å². The first-order valence-electron chi connectivity index (χ1n) is 7.52. The summed E-state index contributed by atoms with van der Waals surface area (Å²) in [7, 11) is 2.17. The molecule has 1 atom stereocenters. The van der Waals surface area contributed by atoms with Crippen LogP contribution in [0.5, 0.6) is 0 Å². The number of aromatic nitrogens is 2. The lowest BCUT2D eigenvalue weighted by molar-refractivity contribution is 0.0944. The zero-order valence-electron chi connectivity index (χ0n) is 13.2. The Labute approximate surface area is 126 Å². The Hall–Kier alpha value is -1.60. The molecule has 0 aliphatic carbocycles. The van der Waals surface area contributed by atoms with Crippen LogP contribution in [0, 0.1) is 5.92 Å². The van der Waals surface area contributed by atoms with E-state index in [2.05, 4.69) is 46.0 Å². The van der Waals surface area contributed by atoms with Crippen LogP contribution < -0.4 is 16.8 Å². The van der Waals surface area contributed by atoms with Gasteiger partial charge in [-0.3, -0.25) is 4.90 Å². The minimum Gasteiger partial charge on any atom is -0.383 e. The fraction of sp³-hybridized carbons (Fsp3) is 0.714. The summed E-state index contributed by atoms with van der Waals surface area (Å²) in [6, 6.07) is 2.19. The number of hydrogen-bond donors (Lipinski definition) is 3. The number of nitrogen functional groups attached to an aromatic ring is 2. The van der Waals surface area contributed by atoms with Crippen LogP contribution in [0.1, 0.15) is 13.8 Å². The van der Waals surface area contributed by atoms with Gasteiger partial charge in [0.2, 0.25) is 5.95 Å². The van der Waals surface area contributed by atoms with Gasteiger partial charge in [0, 0.05) is 44.8 Å². The van der Waals surface area contributed by atoms with Gasteiger partial charge in [0.1, 0.15) is 11.6 Å². The van der Waals surface area contributed by atoms with Gasteiger partial charge in [-0.15, -0.1) is 0 Å². The van der Waals surface area contributed by atoms with Crippen LogP contribution in [-0.4, -0.2) is 65.6 Å². The van der Waals surface area contributed by atoms with Crippen LogP contribution in [0.3, 0.4) is 0 Å². The minimum absolute atomic E-state index is 0.207. The average molecular weight is 293 g/mol. The highest BCUT2D eigenvalue weighted by Crippen LogP contribution is 2.15. The predicted octanol–water partition coefficient (Wildman–Crippen LogP) is 0.325. The van der Waals surface area contributed by atoms with E-state index in [1.54, 1.807) is 6.07 Å². The molecule has 118 valence electrons. The topological polar surface area (TPSA) is 96.3 Å². The zero-order chi connectivity index (χ0) is 15.4. The second-order valence-electron chi connectivity index (χ2n) is 6.07. The molecular formula is C14H27N7. The molecule has 1 aromatic heterocycles. The van der Waals surface area contributed by atoms with Crippen molar-refractivity contribution in [3.05, 3.63) is 6.07 Å². The third-order valence-corrected chi connectivity index (χ3v) is 4.03. The Morgan fingerprint density at radius 3 is 2.43 bits per heavy atom. The van der Waals surface area contributed by atoms with E-state index in [9.17, 15) is 0 Å². The van der Waals surface area contributed by atoms with Gasteiger partial charge in [-0.2, -0.15) is 9.97 Å².